The average molecular weight is 240 g/mol. The van der Waals surface area contributed by atoms with Crippen LogP contribution < -0.4 is 5.32 Å². The Morgan fingerprint density at radius 1 is 1.35 bits per heavy atom. The normalized spacial score (nSPS) is 40.6. The van der Waals surface area contributed by atoms with Crippen LogP contribution in [-0.2, 0) is 4.74 Å². The average Bonchev–Trinajstić information content (AvgIpc) is 2.91. The van der Waals surface area contributed by atoms with E-state index < -0.39 is 0 Å². The fourth-order valence-corrected chi connectivity index (χ4v) is 3.18. The zero-order valence-corrected chi connectivity index (χ0v) is 9.97. The maximum Gasteiger partial charge on any atom is 0.317 e. The van der Waals surface area contributed by atoms with Gasteiger partial charge in [-0.2, -0.15) is 0 Å². The van der Waals surface area contributed by atoms with Crippen LogP contribution in [0.1, 0.15) is 32.1 Å². The van der Waals surface area contributed by atoms with E-state index in [1.165, 1.54) is 0 Å². The van der Waals surface area contributed by atoms with Gasteiger partial charge in [-0.15, -0.1) is 0 Å². The third-order valence-electron chi connectivity index (χ3n) is 4.10. The molecule has 2 amide bonds. The lowest BCUT2D eigenvalue weighted by Gasteiger charge is -2.32. The Labute approximate surface area is 101 Å². The second kappa shape index (κ2) is 4.46. The van der Waals surface area contributed by atoms with Gasteiger partial charge in [-0.1, -0.05) is 0 Å². The standard InChI is InChI=1S/C12H20N2O3/c15-8-2-1-5-14(7-8)12(16)13-10-6-9-3-4-11(10)17-9/h8-11,15H,1-7H2,(H,13,16). The smallest absolute Gasteiger partial charge is 0.317 e. The first kappa shape index (κ1) is 11.3. The molecule has 3 saturated heterocycles. The van der Waals surface area contributed by atoms with E-state index >= 15 is 0 Å². The first-order chi connectivity index (χ1) is 8.22. The third kappa shape index (κ3) is 2.26. The van der Waals surface area contributed by atoms with E-state index in [1.807, 2.05) is 0 Å². The second-order valence-electron chi connectivity index (χ2n) is 5.41. The molecule has 0 spiro atoms. The van der Waals surface area contributed by atoms with Crippen molar-refractivity contribution < 1.29 is 14.6 Å². The molecule has 3 aliphatic rings. The van der Waals surface area contributed by atoms with Gasteiger partial charge in [0.15, 0.2) is 0 Å². The number of carbonyl (C=O) groups is 1. The number of aliphatic hydroxyl groups is 1. The van der Waals surface area contributed by atoms with Crippen LogP contribution in [0.25, 0.3) is 0 Å². The molecule has 4 atom stereocenters. The number of nitrogens with zero attached hydrogens (tertiary/aromatic N) is 1. The van der Waals surface area contributed by atoms with Gasteiger partial charge in [-0.25, -0.2) is 4.79 Å². The quantitative estimate of drug-likeness (QED) is 0.700. The first-order valence-electron chi connectivity index (χ1n) is 6.61. The maximum atomic E-state index is 12.0. The van der Waals surface area contributed by atoms with Crippen molar-refractivity contribution in [3.63, 3.8) is 0 Å². The molecule has 0 aromatic heterocycles. The van der Waals surface area contributed by atoms with E-state index in [1.54, 1.807) is 4.90 Å². The van der Waals surface area contributed by atoms with E-state index in [9.17, 15) is 9.90 Å². The predicted molar refractivity (Wildman–Crippen MR) is 61.6 cm³/mol. The summed E-state index contributed by atoms with van der Waals surface area (Å²) in [5.74, 6) is 0. The van der Waals surface area contributed by atoms with Crippen molar-refractivity contribution in [2.75, 3.05) is 13.1 Å². The fraction of sp³-hybridized carbons (Fsp3) is 0.917. The highest BCUT2D eigenvalue weighted by atomic mass is 16.5. The molecular weight excluding hydrogens is 220 g/mol. The summed E-state index contributed by atoms with van der Waals surface area (Å²) >= 11 is 0. The minimum Gasteiger partial charge on any atom is -0.391 e. The SMILES string of the molecule is O=C(NC1CC2CCC1O2)N1CCCC(O)C1. The van der Waals surface area contributed by atoms with Gasteiger partial charge in [0.1, 0.15) is 0 Å². The zero-order chi connectivity index (χ0) is 11.8. The largest absolute Gasteiger partial charge is 0.391 e. The Morgan fingerprint density at radius 2 is 2.24 bits per heavy atom. The summed E-state index contributed by atoms with van der Waals surface area (Å²) in [5, 5.41) is 12.6. The molecule has 3 rings (SSSR count). The van der Waals surface area contributed by atoms with Crippen LogP contribution in [0.3, 0.4) is 0 Å². The summed E-state index contributed by atoms with van der Waals surface area (Å²) in [4.78, 5) is 13.7. The van der Waals surface area contributed by atoms with E-state index in [-0.39, 0.29) is 24.3 Å². The van der Waals surface area contributed by atoms with Crippen molar-refractivity contribution in [2.24, 2.45) is 0 Å². The van der Waals surface area contributed by atoms with Crippen LogP contribution in [0, 0.1) is 0 Å². The molecule has 2 N–H and O–H groups in total. The number of fused-ring (bicyclic) bond motifs is 2. The van der Waals surface area contributed by atoms with Crippen molar-refractivity contribution in [3.05, 3.63) is 0 Å². The molecule has 96 valence electrons. The molecule has 5 nitrogen and oxygen atoms in total. The van der Waals surface area contributed by atoms with Crippen LogP contribution in [0.4, 0.5) is 4.79 Å². The number of nitrogens with one attached hydrogen (secondary N) is 1. The molecule has 5 heteroatoms. The highest BCUT2D eigenvalue weighted by Gasteiger charge is 2.42. The molecule has 0 aromatic carbocycles. The fourth-order valence-electron chi connectivity index (χ4n) is 3.18. The number of aliphatic hydroxyl groups excluding tert-OH is 1. The van der Waals surface area contributed by atoms with Crippen LogP contribution in [-0.4, -0.2) is 53.5 Å². The lowest BCUT2D eigenvalue weighted by atomic mass is 9.95. The molecule has 0 radical (unpaired) electrons. The van der Waals surface area contributed by atoms with Crippen LogP contribution in [0.5, 0.6) is 0 Å². The van der Waals surface area contributed by atoms with Crippen LogP contribution >= 0.6 is 0 Å². The minimum atomic E-state index is -0.356. The van der Waals surface area contributed by atoms with Crippen molar-refractivity contribution in [1.82, 2.24) is 10.2 Å². The second-order valence-corrected chi connectivity index (χ2v) is 5.41. The number of β-amino-alcohol motifs (C(OH)–C–C–N with tert-alkyl or cyclic N) is 1. The van der Waals surface area contributed by atoms with Gasteiger partial charge in [0.25, 0.3) is 0 Å². The van der Waals surface area contributed by atoms with Crippen molar-refractivity contribution in [2.45, 2.75) is 56.5 Å². The highest BCUT2D eigenvalue weighted by molar-refractivity contribution is 5.74. The van der Waals surface area contributed by atoms with Crippen molar-refractivity contribution in [1.29, 1.82) is 0 Å². The number of hydrogen-bond donors (Lipinski definition) is 2. The van der Waals surface area contributed by atoms with Crippen LogP contribution in [0.2, 0.25) is 0 Å². The molecule has 3 heterocycles. The highest BCUT2D eigenvalue weighted by Crippen LogP contribution is 2.34. The Morgan fingerprint density at radius 3 is 2.88 bits per heavy atom. The van der Waals surface area contributed by atoms with Gasteiger partial charge in [-0.3, -0.25) is 0 Å². The van der Waals surface area contributed by atoms with Gasteiger partial charge in [0.05, 0.1) is 24.4 Å². The lowest BCUT2D eigenvalue weighted by Crippen LogP contribution is -2.51. The Kier molecular flexibility index (Phi) is 2.96. The summed E-state index contributed by atoms with van der Waals surface area (Å²) in [5.41, 5.74) is 0. The predicted octanol–water partition coefficient (Wildman–Crippen LogP) is 0.473. The minimum absolute atomic E-state index is 0.0371. The first-order valence-corrected chi connectivity index (χ1v) is 6.61. The summed E-state index contributed by atoms with van der Waals surface area (Å²) < 4.78 is 5.71. The molecule has 3 fully saturated rings. The number of carbonyl (C=O) groups excluding carboxylic acids is 1. The summed E-state index contributed by atoms with van der Waals surface area (Å²) in [6.45, 7) is 1.22. The molecule has 0 saturated carbocycles. The molecule has 2 bridgehead atoms. The Balaban J connectivity index is 1.53. The maximum absolute atomic E-state index is 12.0. The number of ether oxygens (including phenoxy) is 1. The summed E-state index contributed by atoms with van der Waals surface area (Å²) in [7, 11) is 0. The van der Waals surface area contributed by atoms with E-state index in [2.05, 4.69) is 5.32 Å². The number of likely N-dealkylation sites (tertiary alicyclic amines) is 1. The molecule has 4 unspecified atom stereocenters. The van der Waals surface area contributed by atoms with Crippen molar-refractivity contribution >= 4 is 6.03 Å². The van der Waals surface area contributed by atoms with E-state index in [0.29, 0.717) is 12.6 Å². The zero-order valence-electron chi connectivity index (χ0n) is 9.97. The molecule has 0 aliphatic carbocycles. The van der Waals surface area contributed by atoms with E-state index in [0.717, 1.165) is 38.6 Å². The molecule has 0 aromatic rings. The van der Waals surface area contributed by atoms with Gasteiger partial charge in [0, 0.05) is 13.1 Å². The lowest BCUT2D eigenvalue weighted by molar-refractivity contribution is 0.0789. The topological polar surface area (TPSA) is 61.8 Å². The number of amides is 2. The monoisotopic (exact) mass is 240 g/mol. The summed E-state index contributed by atoms with van der Waals surface area (Å²) in [6.07, 6.45) is 5.08. The van der Waals surface area contributed by atoms with Crippen LogP contribution in [0.15, 0.2) is 0 Å². The van der Waals surface area contributed by atoms with Gasteiger partial charge < -0.3 is 20.1 Å². The summed E-state index contributed by atoms with van der Waals surface area (Å²) in [6, 6.07) is 0.144. The van der Waals surface area contributed by atoms with E-state index in [4.69, 9.17) is 4.74 Å². The van der Waals surface area contributed by atoms with Gasteiger partial charge in [0.2, 0.25) is 0 Å². The number of rotatable bonds is 1. The molecule has 17 heavy (non-hydrogen) atoms. The molecular formula is C12H20N2O3. The van der Waals surface area contributed by atoms with Gasteiger partial charge >= 0.3 is 6.03 Å². The Bertz CT molecular complexity index is 310. The van der Waals surface area contributed by atoms with Crippen molar-refractivity contribution in [3.8, 4) is 0 Å². The Hall–Kier alpha value is -0.810. The third-order valence-corrected chi connectivity index (χ3v) is 4.10. The number of piperidine rings is 1. The number of urea groups is 1. The molecule has 3 aliphatic heterocycles. The number of hydrogen-bond acceptors (Lipinski definition) is 3. The van der Waals surface area contributed by atoms with Gasteiger partial charge in [-0.05, 0) is 32.1 Å².